The van der Waals surface area contributed by atoms with Gasteiger partial charge in [0, 0.05) is 19.3 Å². The number of nitrogens with one attached hydrogen (secondary N) is 1. The second-order valence-corrected chi connectivity index (χ2v) is 4.44. The van der Waals surface area contributed by atoms with E-state index in [1.807, 2.05) is 0 Å². The van der Waals surface area contributed by atoms with Gasteiger partial charge in [0.1, 0.15) is 0 Å². The minimum Gasteiger partial charge on any atom is -0.481 e. The lowest BCUT2D eigenvalue weighted by molar-refractivity contribution is -0.137. The van der Waals surface area contributed by atoms with Crippen molar-refractivity contribution < 1.29 is 28.2 Å². The monoisotopic (exact) mass is 301 g/mol. The van der Waals surface area contributed by atoms with Crippen LogP contribution >= 0.6 is 0 Å². The zero-order valence-electron chi connectivity index (χ0n) is 11.6. The molecule has 0 heterocycles. The van der Waals surface area contributed by atoms with E-state index in [2.05, 4.69) is 5.32 Å². The van der Waals surface area contributed by atoms with Crippen LogP contribution in [0, 0.1) is 11.6 Å². The van der Waals surface area contributed by atoms with Gasteiger partial charge < -0.3 is 15.2 Å². The molecule has 1 aromatic rings. The summed E-state index contributed by atoms with van der Waals surface area (Å²) in [5.74, 6) is -3.95. The molecule has 0 saturated carbocycles. The molecule has 0 aromatic heterocycles. The van der Waals surface area contributed by atoms with Crippen LogP contribution < -0.4 is 5.32 Å². The molecule has 0 bridgehead atoms. The number of carbonyl (C=O) groups excluding carboxylic acids is 1. The van der Waals surface area contributed by atoms with Gasteiger partial charge in [-0.1, -0.05) is 0 Å². The average molecular weight is 301 g/mol. The molecule has 0 saturated heterocycles. The van der Waals surface area contributed by atoms with E-state index in [0.717, 1.165) is 18.2 Å². The Labute approximate surface area is 120 Å². The van der Waals surface area contributed by atoms with E-state index >= 15 is 0 Å². The van der Waals surface area contributed by atoms with Crippen LogP contribution in [0.5, 0.6) is 0 Å². The van der Waals surface area contributed by atoms with Gasteiger partial charge in [-0.05, 0) is 31.2 Å². The minimum atomic E-state index is -1.16. The number of rotatable bonds is 9. The zero-order chi connectivity index (χ0) is 15.8. The molecule has 2 N–H and O–H groups in total. The van der Waals surface area contributed by atoms with Gasteiger partial charge in [0.05, 0.1) is 12.5 Å². The summed E-state index contributed by atoms with van der Waals surface area (Å²) < 4.78 is 30.8. The zero-order valence-corrected chi connectivity index (χ0v) is 11.6. The summed E-state index contributed by atoms with van der Waals surface area (Å²) in [4.78, 5) is 23.0. The van der Waals surface area contributed by atoms with Crippen molar-refractivity contribution in [3.63, 3.8) is 0 Å². The summed E-state index contributed by atoms with van der Waals surface area (Å²) in [6.45, 7) is 0.841. The Morgan fingerprint density at radius 3 is 2.62 bits per heavy atom. The Morgan fingerprint density at radius 2 is 2.05 bits per heavy atom. The highest BCUT2D eigenvalue weighted by molar-refractivity contribution is 6.01. The number of Topliss-reactive ketones (excluding diaryl/α,β-unsaturated/α-hetero) is 1. The summed E-state index contributed by atoms with van der Waals surface area (Å²) in [5, 5.41) is 11.6. The number of benzene rings is 1. The lowest BCUT2D eigenvalue weighted by Gasteiger charge is -2.16. The van der Waals surface area contributed by atoms with Gasteiger partial charge in [-0.3, -0.25) is 9.59 Å². The number of hydrogen-bond acceptors (Lipinski definition) is 4. The number of methoxy groups -OCH3 is 1. The van der Waals surface area contributed by atoms with Crippen molar-refractivity contribution in [3.8, 4) is 0 Å². The van der Waals surface area contributed by atoms with Gasteiger partial charge in [-0.2, -0.15) is 0 Å². The maximum absolute atomic E-state index is 13.1. The Bertz CT molecular complexity index is 508. The number of carboxylic acid groups (broad SMARTS) is 1. The number of carboxylic acids is 1. The quantitative estimate of drug-likeness (QED) is 0.535. The number of halogens is 2. The highest BCUT2D eigenvalue weighted by Gasteiger charge is 2.23. The van der Waals surface area contributed by atoms with Crippen molar-refractivity contribution in [2.45, 2.75) is 18.9 Å². The molecule has 116 valence electrons. The number of ketones is 1. The van der Waals surface area contributed by atoms with Crippen LogP contribution in [0.2, 0.25) is 0 Å². The molecule has 0 aliphatic rings. The molecule has 5 nitrogen and oxygen atoms in total. The molecule has 0 aliphatic carbocycles. The summed E-state index contributed by atoms with van der Waals surface area (Å²) in [7, 11) is 1.53. The number of ether oxygens (including phenoxy) is 1. The van der Waals surface area contributed by atoms with E-state index in [1.54, 1.807) is 0 Å². The first-order valence-corrected chi connectivity index (χ1v) is 6.39. The first-order valence-electron chi connectivity index (χ1n) is 6.39. The highest BCUT2D eigenvalue weighted by Crippen LogP contribution is 2.12. The van der Waals surface area contributed by atoms with Crippen LogP contribution in [0.25, 0.3) is 0 Å². The molecule has 0 fully saturated rings. The van der Waals surface area contributed by atoms with E-state index < -0.39 is 35.8 Å². The molecule has 1 unspecified atom stereocenters. The topological polar surface area (TPSA) is 75.6 Å². The van der Waals surface area contributed by atoms with Crippen LogP contribution in [0.3, 0.4) is 0 Å². The van der Waals surface area contributed by atoms with E-state index in [1.165, 1.54) is 7.11 Å². The van der Waals surface area contributed by atoms with Gasteiger partial charge in [0.25, 0.3) is 0 Å². The van der Waals surface area contributed by atoms with E-state index in [9.17, 15) is 18.4 Å². The van der Waals surface area contributed by atoms with Crippen LogP contribution in [0.4, 0.5) is 8.78 Å². The van der Waals surface area contributed by atoms with Gasteiger partial charge in [-0.15, -0.1) is 0 Å². The maximum atomic E-state index is 13.1. The minimum absolute atomic E-state index is 0.0700. The first-order chi connectivity index (χ1) is 9.95. The summed E-state index contributed by atoms with van der Waals surface area (Å²) in [5.41, 5.74) is -0.0700. The van der Waals surface area contributed by atoms with Gasteiger partial charge in [0.15, 0.2) is 17.4 Å². The van der Waals surface area contributed by atoms with Crippen LogP contribution in [-0.4, -0.2) is 43.2 Å². The summed E-state index contributed by atoms with van der Waals surface area (Å²) >= 11 is 0. The Kier molecular flexibility index (Phi) is 6.90. The van der Waals surface area contributed by atoms with Crippen molar-refractivity contribution >= 4 is 11.8 Å². The Morgan fingerprint density at radius 1 is 1.33 bits per heavy atom. The lowest BCUT2D eigenvalue weighted by Crippen LogP contribution is -2.39. The smallest absolute Gasteiger partial charge is 0.305 e. The third-order valence-corrected chi connectivity index (χ3v) is 2.82. The molecule has 1 atom stereocenters. The van der Waals surface area contributed by atoms with Gasteiger partial charge in [0.2, 0.25) is 0 Å². The molecule has 1 aromatic carbocycles. The predicted molar refractivity (Wildman–Crippen MR) is 71.2 cm³/mol. The number of aliphatic carboxylic acids is 1. The Hall–Kier alpha value is -1.86. The summed E-state index contributed by atoms with van der Waals surface area (Å²) in [6.07, 6.45) is 0.155. The molecule has 0 aliphatic heterocycles. The highest BCUT2D eigenvalue weighted by atomic mass is 19.2. The van der Waals surface area contributed by atoms with Crippen molar-refractivity contribution in [1.82, 2.24) is 5.32 Å². The fourth-order valence-corrected chi connectivity index (χ4v) is 1.78. The SMILES string of the molecule is COCCCNC(CC(=O)O)C(=O)c1ccc(F)c(F)c1. The molecule has 0 spiro atoms. The summed E-state index contributed by atoms with van der Waals surface area (Å²) in [6, 6.07) is 1.74. The lowest BCUT2D eigenvalue weighted by atomic mass is 10.0. The van der Waals surface area contributed by atoms with E-state index in [0.29, 0.717) is 19.6 Å². The molecule has 7 heteroatoms. The van der Waals surface area contributed by atoms with Crippen LogP contribution in [-0.2, 0) is 9.53 Å². The Balaban J connectivity index is 2.78. The second-order valence-electron chi connectivity index (χ2n) is 4.44. The molecular weight excluding hydrogens is 284 g/mol. The van der Waals surface area contributed by atoms with Crippen molar-refractivity contribution in [3.05, 3.63) is 35.4 Å². The van der Waals surface area contributed by atoms with Gasteiger partial charge in [-0.25, -0.2) is 8.78 Å². The molecule has 21 heavy (non-hydrogen) atoms. The molecule has 0 amide bonds. The van der Waals surface area contributed by atoms with E-state index in [-0.39, 0.29) is 5.56 Å². The standard InChI is InChI=1S/C14H17F2NO4/c1-21-6-2-5-17-12(8-13(18)19)14(20)9-3-4-10(15)11(16)7-9/h3-4,7,12,17H,2,5-6,8H2,1H3,(H,18,19). The first kappa shape index (κ1) is 17.2. The van der Waals surface area contributed by atoms with Gasteiger partial charge >= 0.3 is 5.97 Å². The van der Waals surface area contributed by atoms with Crippen molar-refractivity contribution in [1.29, 1.82) is 0 Å². The fraction of sp³-hybridized carbons (Fsp3) is 0.429. The number of hydrogen-bond donors (Lipinski definition) is 2. The molecule has 1 rings (SSSR count). The number of carbonyl (C=O) groups is 2. The molecule has 0 radical (unpaired) electrons. The average Bonchev–Trinajstić information content (AvgIpc) is 2.44. The molecular formula is C14H17F2NO4. The van der Waals surface area contributed by atoms with E-state index in [4.69, 9.17) is 9.84 Å². The fourth-order valence-electron chi connectivity index (χ4n) is 1.78. The van der Waals surface area contributed by atoms with Crippen molar-refractivity contribution in [2.24, 2.45) is 0 Å². The van der Waals surface area contributed by atoms with Crippen molar-refractivity contribution in [2.75, 3.05) is 20.3 Å². The third-order valence-electron chi connectivity index (χ3n) is 2.82. The maximum Gasteiger partial charge on any atom is 0.305 e. The normalized spacial score (nSPS) is 12.1. The second kappa shape index (κ2) is 8.43. The predicted octanol–water partition coefficient (Wildman–Crippen LogP) is 1.62. The van der Waals surface area contributed by atoms with Crippen LogP contribution in [0.15, 0.2) is 18.2 Å². The van der Waals surface area contributed by atoms with Crippen LogP contribution in [0.1, 0.15) is 23.2 Å². The third kappa shape index (κ3) is 5.57. The largest absolute Gasteiger partial charge is 0.481 e.